The molecule has 0 unspecified atom stereocenters. The minimum atomic E-state index is -0.0622. The molecule has 0 aromatic heterocycles. The van der Waals surface area contributed by atoms with Gasteiger partial charge in [0.2, 0.25) is 5.91 Å². The first-order valence-electron chi connectivity index (χ1n) is 7.27. The van der Waals surface area contributed by atoms with E-state index in [1.165, 1.54) is 6.42 Å². The Balaban J connectivity index is 0.000000492. The molecule has 0 aromatic carbocycles. The molecule has 1 heterocycles. The largest absolute Gasteiger partial charge is 0.379 e. The summed E-state index contributed by atoms with van der Waals surface area (Å²) in [5.74, 6) is 0.247. The Labute approximate surface area is 111 Å². The lowest BCUT2D eigenvalue weighted by atomic mass is 10.1. The molecule has 1 aliphatic carbocycles. The maximum atomic E-state index is 11.8. The SMILES string of the molecule is CCC.CCNC(=O)C1(CN2CCOCC2)CC1. The Bertz CT molecular complexity index is 246. The van der Waals surface area contributed by atoms with E-state index in [1.807, 2.05) is 6.92 Å². The van der Waals surface area contributed by atoms with Crippen LogP contribution in [-0.2, 0) is 9.53 Å². The smallest absolute Gasteiger partial charge is 0.227 e. The summed E-state index contributed by atoms with van der Waals surface area (Å²) in [5, 5.41) is 2.94. The van der Waals surface area contributed by atoms with Gasteiger partial charge in [0, 0.05) is 26.2 Å². The van der Waals surface area contributed by atoms with Gasteiger partial charge in [-0.25, -0.2) is 0 Å². The van der Waals surface area contributed by atoms with Gasteiger partial charge in [0.25, 0.3) is 0 Å². The van der Waals surface area contributed by atoms with E-state index < -0.39 is 0 Å². The number of carbonyl (C=O) groups excluding carboxylic acids is 1. The van der Waals surface area contributed by atoms with Crippen molar-refractivity contribution in [2.45, 2.75) is 40.0 Å². The van der Waals surface area contributed by atoms with E-state index >= 15 is 0 Å². The maximum absolute atomic E-state index is 11.8. The average Bonchev–Trinajstić information content (AvgIpc) is 3.13. The highest BCUT2D eigenvalue weighted by atomic mass is 16.5. The summed E-state index contributed by atoms with van der Waals surface area (Å²) in [5.41, 5.74) is -0.0622. The third-order valence-electron chi connectivity index (χ3n) is 3.30. The molecule has 0 spiro atoms. The summed E-state index contributed by atoms with van der Waals surface area (Å²) < 4.78 is 5.30. The molecule has 2 fully saturated rings. The van der Waals surface area contributed by atoms with Gasteiger partial charge in [-0.3, -0.25) is 9.69 Å². The number of amides is 1. The van der Waals surface area contributed by atoms with Gasteiger partial charge >= 0.3 is 0 Å². The van der Waals surface area contributed by atoms with E-state index in [2.05, 4.69) is 24.1 Å². The van der Waals surface area contributed by atoms with Crippen molar-refractivity contribution in [3.8, 4) is 0 Å². The van der Waals surface area contributed by atoms with E-state index in [4.69, 9.17) is 4.74 Å². The lowest BCUT2D eigenvalue weighted by Gasteiger charge is -2.29. The number of ether oxygens (including phenoxy) is 1. The van der Waals surface area contributed by atoms with E-state index in [0.29, 0.717) is 0 Å². The van der Waals surface area contributed by atoms with Gasteiger partial charge in [0.1, 0.15) is 0 Å². The van der Waals surface area contributed by atoms with Gasteiger partial charge < -0.3 is 10.1 Å². The van der Waals surface area contributed by atoms with Crippen LogP contribution in [0.2, 0.25) is 0 Å². The standard InChI is InChI=1S/C11H20N2O2.C3H8/c1-2-12-10(14)11(3-4-11)9-13-5-7-15-8-6-13;1-3-2/h2-9H2,1H3,(H,12,14);3H2,1-2H3. The zero-order chi connectivity index (χ0) is 13.4. The first-order chi connectivity index (χ1) is 8.68. The Hall–Kier alpha value is -0.610. The van der Waals surface area contributed by atoms with Gasteiger partial charge in [-0.15, -0.1) is 0 Å². The van der Waals surface area contributed by atoms with E-state index in [9.17, 15) is 4.79 Å². The van der Waals surface area contributed by atoms with Gasteiger partial charge in [-0.1, -0.05) is 20.3 Å². The zero-order valence-corrected chi connectivity index (χ0v) is 12.1. The summed E-state index contributed by atoms with van der Waals surface area (Å²) in [7, 11) is 0. The fraction of sp³-hybridized carbons (Fsp3) is 0.929. The monoisotopic (exact) mass is 256 g/mol. The van der Waals surface area contributed by atoms with Gasteiger partial charge in [0.15, 0.2) is 0 Å². The molecule has 18 heavy (non-hydrogen) atoms. The number of nitrogens with one attached hydrogen (secondary N) is 1. The number of hydrogen-bond donors (Lipinski definition) is 1. The van der Waals surface area contributed by atoms with Crippen molar-refractivity contribution < 1.29 is 9.53 Å². The van der Waals surface area contributed by atoms with Crippen LogP contribution in [0.4, 0.5) is 0 Å². The van der Waals surface area contributed by atoms with E-state index in [1.54, 1.807) is 0 Å². The lowest BCUT2D eigenvalue weighted by molar-refractivity contribution is -0.127. The maximum Gasteiger partial charge on any atom is 0.227 e. The van der Waals surface area contributed by atoms with Crippen LogP contribution in [0.5, 0.6) is 0 Å². The number of nitrogens with zero attached hydrogens (tertiary/aromatic N) is 1. The average molecular weight is 256 g/mol. The summed E-state index contributed by atoms with van der Waals surface area (Å²) >= 11 is 0. The first kappa shape index (κ1) is 15.4. The Morgan fingerprint density at radius 1 is 1.22 bits per heavy atom. The molecule has 1 aliphatic heterocycles. The van der Waals surface area contributed by atoms with Gasteiger partial charge in [-0.2, -0.15) is 0 Å². The number of carbonyl (C=O) groups is 1. The van der Waals surface area contributed by atoms with Gasteiger partial charge in [0.05, 0.1) is 18.6 Å². The van der Waals surface area contributed by atoms with Crippen LogP contribution < -0.4 is 5.32 Å². The number of morpholine rings is 1. The molecular formula is C14H28N2O2. The fourth-order valence-electron chi connectivity index (χ4n) is 2.14. The van der Waals surface area contributed by atoms with Crippen LogP contribution in [-0.4, -0.2) is 50.2 Å². The predicted octanol–water partition coefficient (Wildman–Crippen LogP) is 1.65. The van der Waals surface area contributed by atoms with Crippen LogP contribution in [0.25, 0.3) is 0 Å². The zero-order valence-electron chi connectivity index (χ0n) is 12.1. The van der Waals surface area contributed by atoms with Crippen LogP contribution in [0.15, 0.2) is 0 Å². The van der Waals surface area contributed by atoms with Crippen molar-refractivity contribution in [3.63, 3.8) is 0 Å². The second-order valence-electron chi connectivity index (χ2n) is 5.24. The predicted molar refractivity (Wildman–Crippen MR) is 73.6 cm³/mol. The van der Waals surface area contributed by atoms with Crippen molar-refractivity contribution in [2.24, 2.45) is 5.41 Å². The molecule has 1 N–H and O–H groups in total. The molecule has 4 heteroatoms. The minimum Gasteiger partial charge on any atom is -0.379 e. The molecule has 1 saturated carbocycles. The summed E-state index contributed by atoms with van der Waals surface area (Å²) in [4.78, 5) is 14.2. The second-order valence-corrected chi connectivity index (χ2v) is 5.24. The normalized spacial score (nSPS) is 21.7. The third-order valence-corrected chi connectivity index (χ3v) is 3.30. The van der Waals surface area contributed by atoms with Crippen molar-refractivity contribution >= 4 is 5.91 Å². The Kier molecular flexibility index (Phi) is 6.65. The molecule has 106 valence electrons. The quantitative estimate of drug-likeness (QED) is 0.831. The van der Waals surface area contributed by atoms with Crippen LogP contribution in [0.3, 0.4) is 0 Å². The number of hydrogen-bond acceptors (Lipinski definition) is 3. The molecule has 2 aliphatic rings. The van der Waals surface area contributed by atoms with E-state index in [-0.39, 0.29) is 11.3 Å². The van der Waals surface area contributed by atoms with Crippen molar-refractivity contribution in [1.29, 1.82) is 0 Å². The molecule has 0 aromatic rings. The second kappa shape index (κ2) is 7.74. The van der Waals surface area contributed by atoms with Crippen LogP contribution in [0, 0.1) is 5.41 Å². The van der Waals surface area contributed by atoms with Crippen molar-refractivity contribution in [2.75, 3.05) is 39.4 Å². The van der Waals surface area contributed by atoms with Crippen LogP contribution >= 0.6 is 0 Å². The summed E-state index contributed by atoms with van der Waals surface area (Å²) in [6.07, 6.45) is 3.35. The highest BCUT2D eigenvalue weighted by Crippen LogP contribution is 2.46. The highest BCUT2D eigenvalue weighted by Gasteiger charge is 2.50. The summed E-state index contributed by atoms with van der Waals surface area (Å²) in [6.45, 7) is 11.5. The molecule has 0 bridgehead atoms. The summed E-state index contributed by atoms with van der Waals surface area (Å²) in [6, 6.07) is 0. The Morgan fingerprint density at radius 3 is 2.22 bits per heavy atom. The number of rotatable bonds is 4. The highest BCUT2D eigenvalue weighted by molar-refractivity contribution is 5.85. The van der Waals surface area contributed by atoms with Crippen molar-refractivity contribution in [3.05, 3.63) is 0 Å². The van der Waals surface area contributed by atoms with Crippen molar-refractivity contribution in [1.82, 2.24) is 10.2 Å². The fourth-order valence-corrected chi connectivity index (χ4v) is 2.14. The first-order valence-corrected chi connectivity index (χ1v) is 7.27. The molecule has 4 nitrogen and oxygen atoms in total. The molecular weight excluding hydrogens is 228 g/mol. The molecule has 1 amide bonds. The topological polar surface area (TPSA) is 41.6 Å². The molecule has 1 saturated heterocycles. The molecule has 0 radical (unpaired) electrons. The molecule has 0 atom stereocenters. The minimum absolute atomic E-state index is 0.0622. The van der Waals surface area contributed by atoms with Gasteiger partial charge in [-0.05, 0) is 19.8 Å². The lowest BCUT2D eigenvalue weighted by Crippen LogP contribution is -2.44. The van der Waals surface area contributed by atoms with E-state index in [0.717, 1.165) is 52.2 Å². The third kappa shape index (κ3) is 4.58. The van der Waals surface area contributed by atoms with Crippen LogP contribution in [0.1, 0.15) is 40.0 Å². The molecule has 2 rings (SSSR count). The Morgan fingerprint density at radius 2 is 1.78 bits per heavy atom.